The van der Waals surface area contributed by atoms with E-state index in [1.165, 1.54) is 18.4 Å². The van der Waals surface area contributed by atoms with Crippen LogP contribution in [-0.4, -0.2) is 69.8 Å². The summed E-state index contributed by atoms with van der Waals surface area (Å²) in [5, 5.41) is 20.7. The quantitative estimate of drug-likeness (QED) is 0.694. The van der Waals surface area contributed by atoms with E-state index in [1.807, 2.05) is 12.1 Å². The number of hydrogen-bond donors (Lipinski definition) is 2. The number of amides is 1. The number of rotatable bonds is 3. The molecule has 1 aromatic rings. The van der Waals surface area contributed by atoms with Gasteiger partial charge in [-0.2, -0.15) is 0 Å². The van der Waals surface area contributed by atoms with Crippen LogP contribution in [0.3, 0.4) is 0 Å². The fourth-order valence-electron chi connectivity index (χ4n) is 6.63. The topological polar surface area (TPSA) is 64.0 Å². The summed E-state index contributed by atoms with van der Waals surface area (Å²) in [6.45, 7) is 2.78. The molecule has 2 N–H and O–H groups in total. The van der Waals surface area contributed by atoms with Crippen molar-refractivity contribution in [3.8, 4) is 11.8 Å². The minimum absolute atomic E-state index is 0.118. The molecule has 0 radical (unpaired) electrons. The maximum atomic E-state index is 13.2. The van der Waals surface area contributed by atoms with E-state index < -0.39 is 5.60 Å². The number of carbonyl (C=O) groups is 1. The van der Waals surface area contributed by atoms with Crippen LogP contribution >= 0.6 is 0 Å². The molecule has 5 nitrogen and oxygen atoms in total. The number of aliphatic hydroxyl groups is 2. The molecule has 0 aromatic heterocycles. The smallest absolute Gasteiger partial charge is 0.225 e. The number of fused-ring (bicyclic) bond motifs is 1. The van der Waals surface area contributed by atoms with Crippen molar-refractivity contribution in [2.75, 3.05) is 26.2 Å². The molecule has 33 heavy (non-hydrogen) atoms. The average Bonchev–Trinajstić information content (AvgIpc) is 3.50. The van der Waals surface area contributed by atoms with E-state index in [0.29, 0.717) is 5.91 Å². The molecule has 5 heteroatoms. The van der Waals surface area contributed by atoms with Crippen molar-refractivity contribution in [1.82, 2.24) is 9.80 Å². The predicted molar refractivity (Wildman–Crippen MR) is 129 cm³/mol. The van der Waals surface area contributed by atoms with E-state index in [0.717, 1.165) is 76.6 Å². The molecule has 2 saturated heterocycles. The predicted octanol–water partition coefficient (Wildman–Crippen LogP) is 3.28. The summed E-state index contributed by atoms with van der Waals surface area (Å²) < 4.78 is 0. The summed E-state index contributed by atoms with van der Waals surface area (Å²) >= 11 is 0. The standard InChI is InChI=1S/C28H38N2O3/c31-20-25-26(22-11-9-21(10-12-22)13-16-28(33)14-3-4-15-28)24-19-29(17-5-6-18-30(24)25)27(32)23-7-1-2-8-23/h9-12,23-26,31,33H,1-8,14-15,17-20H2/t24-,25-,26+/m0/s1. The third-order valence-electron chi connectivity index (χ3n) is 8.55. The van der Waals surface area contributed by atoms with Gasteiger partial charge in [-0.1, -0.05) is 36.8 Å². The largest absolute Gasteiger partial charge is 0.395 e. The highest BCUT2D eigenvalue weighted by atomic mass is 16.3. The van der Waals surface area contributed by atoms with Gasteiger partial charge in [0.1, 0.15) is 5.60 Å². The SMILES string of the molecule is O=C(C1CCCC1)N1CCCCN2[C@@H](CO)[C@H](c3ccc(C#CC4(O)CCCC4)cc3)[C@@H]2C1. The van der Waals surface area contributed by atoms with Gasteiger partial charge in [-0.15, -0.1) is 0 Å². The van der Waals surface area contributed by atoms with Crippen molar-refractivity contribution in [2.24, 2.45) is 5.92 Å². The summed E-state index contributed by atoms with van der Waals surface area (Å²) in [5.41, 5.74) is 1.32. The Labute approximate surface area is 198 Å². The lowest BCUT2D eigenvalue weighted by molar-refractivity contribution is -0.140. The van der Waals surface area contributed by atoms with Gasteiger partial charge < -0.3 is 15.1 Å². The zero-order chi connectivity index (χ0) is 22.8. The van der Waals surface area contributed by atoms with E-state index >= 15 is 0 Å². The number of benzene rings is 1. The lowest BCUT2D eigenvalue weighted by Gasteiger charge is -2.57. The lowest BCUT2D eigenvalue weighted by atomic mass is 9.74. The lowest BCUT2D eigenvalue weighted by Crippen LogP contribution is -2.68. The molecule has 2 aliphatic heterocycles. The van der Waals surface area contributed by atoms with E-state index in [-0.39, 0.29) is 30.5 Å². The molecule has 0 unspecified atom stereocenters. The molecule has 4 aliphatic rings. The van der Waals surface area contributed by atoms with Gasteiger partial charge in [-0.05, 0) is 75.6 Å². The number of carbonyl (C=O) groups excluding carboxylic acids is 1. The molecular formula is C28H38N2O3. The maximum Gasteiger partial charge on any atom is 0.225 e. The van der Waals surface area contributed by atoms with Gasteiger partial charge in [0.2, 0.25) is 5.91 Å². The summed E-state index contributed by atoms with van der Waals surface area (Å²) in [5.74, 6) is 7.07. The molecule has 0 bridgehead atoms. The number of aliphatic hydroxyl groups excluding tert-OH is 1. The van der Waals surface area contributed by atoms with E-state index in [9.17, 15) is 15.0 Å². The third kappa shape index (κ3) is 4.71. The normalized spacial score (nSPS) is 30.0. The fraction of sp³-hybridized carbons (Fsp3) is 0.679. The van der Waals surface area contributed by atoms with Crippen LogP contribution in [0.4, 0.5) is 0 Å². The summed E-state index contributed by atoms with van der Waals surface area (Å²) in [6.07, 6.45) is 10.2. The van der Waals surface area contributed by atoms with Crippen LogP contribution < -0.4 is 0 Å². The second-order valence-corrected chi connectivity index (χ2v) is 10.7. The van der Waals surface area contributed by atoms with Crippen molar-refractivity contribution in [3.63, 3.8) is 0 Å². The molecule has 1 aromatic carbocycles. The number of hydrogen-bond acceptors (Lipinski definition) is 4. The Morgan fingerprint density at radius 2 is 1.70 bits per heavy atom. The first-order valence-electron chi connectivity index (χ1n) is 13.1. The van der Waals surface area contributed by atoms with E-state index in [1.54, 1.807) is 0 Å². The Bertz CT molecular complexity index is 890. The van der Waals surface area contributed by atoms with Crippen LogP contribution in [0.15, 0.2) is 24.3 Å². The molecule has 0 spiro atoms. The molecular weight excluding hydrogens is 412 g/mol. The van der Waals surface area contributed by atoms with Crippen molar-refractivity contribution >= 4 is 5.91 Å². The Morgan fingerprint density at radius 3 is 2.39 bits per heavy atom. The highest BCUT2D eigenvalue weighted by molar-refractivity contribution is 5.79. The van der Waals surface area contributed by atoms with Gasteiger partial charge in [-0.3, -0.25) is 9.69 Å². The van der Waals surface area contributed by atoms with Gasteiger partial charge in [-0.25, -0.2) is 0 Å². The second kappa shape index (κ2) is 9.78. The van der Waals surface area contributed by atoms with Gasteiger partial charge in [0, 0.05) is 42.6 Å². The van der Waals surface area contributed by atoms with Crippen LogP contribution in [0.25, 0.3) is 0 Å². The molecule has 2 saturated carbocycles. The van der Waals surface area contributed by atoms with Crippen molar-refractivity contribution in [1.29, 1.82) is 0 Å². The Hall–Kier alpha value is -1.87. The molecule has 1 amide bonds. The van der Waals surface area contributed by atoms with Crippen LogP contribution in [0.1, 0.15) is 81.3 Å². The minimum atomic E-state index is -0.816. The Balaban J connectivity index is 1.32. The monoisotopic (exact) mass is 450 g/mol. The van der Waals surface area contributed by atoms with Crippen LogP contribution in [0, 0.1) is 17.8 Å². The Morgan fingerprint density at radius 1 is 1.00 bits per heavy atom. The van der Waals surface area contributed by atoms with E-state index in [4.69, 9.17) is 0 Å². The van der Waals surface area contributed by atoms with Crippen molar-refractivity contribution in [2.45, 2.75) is 87.8 Å². The second-order valence-electron chi connectivity index (χ2n) is 10.7. The Kier molecular flexibility index (Phi) is 6.79. The summed E-state index contributed by atoms with van der Waals surface area (Å²) in [4.78, 5) is 17.8. The van der Waals surface area contributed by atoms with Crippen molar-refractivity contribution < 1.29 is 15.0 Å². The fourth-order valence-corrected chi connectivity index (χ4v) is 6.63. The van der Waals surface area contributed by atoms with Crippen LogP contribution in [0.2, 0.25) is 0 Å². The molecule has 2 heterocycles. The van der Waals surface area contributed by atoms with Gasteiger partial charge in [0.05, 0.1) is 6.61 Å². The van der Waals surface area contributed by atoms with Gasteiger partial charge in [0.15, 0.2) is 0 Å². The van der Waals surface area contributed by atoms with E-state index in [2.05, 4.69) is 33.8 Å². The van der Waals surface area contributed by atoms with Crippen LogP contribution in [0.5, 0.6) is 0 Å². The van der Waals surface area contributed by atoms with Crippen LogP contribution in [-0.2, 0) is 4.79 Å². The average molecular weight is 451 g/mol. The summed E-state index contributed by atoms with van der Waals surface area (Å²) in [6, 6.07) is 8.74. The molecule has 4 fully saturated rings. The van der Waals surface area contributed by atoms with Gasteiger partial charge >= 0.3 is 0 Å². The zero-order valence-corrected chi connectivity index (χ0v) is 19.7. The minimum Gasteiger partial charge on any atom is -0.395 e. The first-order chi connectivity index (χ1) is 16.1. The first kappa shape index (κ1) is 22.9. The number of nitrogens with zero attached hydrogens (tertiary/aromatic N) is 2. The molecule has 3 atom stereocenters. The third-order valence-corrected chi connectivity index (χ3v) is 8.55. The highest BCUT2D eigenvalue weighted by Crippen LogP contribution is 2.42. The zero-order valence-electron chi connectivity index (χ0n) is 19.7. The molecule has 5 rings (SSSR count). The van der Waals surface area contributed by atoms with Crippen molar-refractivity contribution in [3.05, 3.63) is 35.4 Å². The molecule has 2 aliphatic carbocycles. The first-order valence-corrected chi connectivity index (χ1v) is 13.1. The molecule has 178 valence electrons. The summed E-state index contributed by atoms with van der Waals surface area (Å²) in [7, 11) is 0. The van der Waals surface area contributed by atoms with Gasteiger partial charge in [0.25, 0.3) is 0 Å². The maximum absolute atomic E-state index is 13.2. The highest BCUT2D eigenvalue weighted by Gasteiger charge is 2.49.